The fourth-order valence-corrected chi connectivity index (χ4v) is 1.59. The van der Waals surface area contributed by atoms with Gasteiger partial charge in [0, 0.05) is 31.9 Å². The van der Waals surface area contributed by atoms with Gasteiger partial charge >= 0.3 is 0 Å². The molecule has 19 heavy (non-hydrogen) atoms. The van der Waals surface area contributed by atoms with E-state index < -0.39 is 0 Å². The third kappa shape index (κ3) is 6.42. The Morgan fingerprint density at radius 2 is 2.00 bits per heavy atom. The number of phenols is 1. The van der Waals surface area contributed by atoms with Crippen LogP contribution in [0.5, 0.6) is 11.5 Å². The van der Waals surface area contributed by atoms with E-state index in [1.165, 1.54) is 0 Å². The summed E-state index contributed by atoms with van der Waals surface area (Å²) in [7, 11) is 3.24. The van der Waals surface area contributed by atoms with Gasteiger partial charge in [0.15, 0.2) is 0 Å². The Kier molecular flexibility index (Phi) is 7.97. The molecular weight excluding hydrogens is 246 g/mol. The normalized spacial score (nSPS) is 10.6. The van der Waals surface area contributed by atoms with Crippen molar-refractivity contribution in [3.8, 4) is 11.5 Å². The number of rotatable bonds is 10. The van der Waals surface area contributed by atoms with Crippen LogP contribution in [-0.2, 0) is 16.0 Å². The molecule has 0 saturated carbocycles. The molecule has 0 aromatic heterocycles. The number of phenolic OH excluding ortho intramolecular Hbond substituents is 1. The average molecular weight is 269 g/mol. The number of ether oxygens (including phenoxy) is 3. The highest BCUT2D eigenvalue weighted by Crippen LogP contribution is 2.22. The summed E-state index contributed by atoms with van der Waals surface area (Å²) in [5.74, 6) is 0.913. The summed E-state index contributed by atoms with van der Waals surface area (Å²) in [4.78, 5) is 0. The van der Waals surface area contributed by atoms with Gasteiger partial charge in [0.2, 0.25) is 0 Å². The fraction of sp³-hybridized carbons (Fsp3) is 0.571. The van der Waals surface area contributed by atoms with E-state index in [1.807, 2.05) is 12.1 Å². The average Bonchev–Trinajstić information content (AvgIpc) is 2.43. The molecule has 0 aliphatic carbocycles. The molecule has 5 nitrogen and oxygen atoms in total. The Balaban J connectivity index is 2.12. The van der Waals surface area contributed by atoms with Crippen LogP contribution in [-0.4, -0.2) is 45.7 Å². The third-order valence-corrected chi connectivity index (χ3v) is 2.68. The van der Waals surface area contributed by atoms with Crippen molar-refractivity contribution in [3.63, 3.8) is 0 Å². The summed E-state index contributed by atoms with van der Waals surface area (Å²) < 4.78 is 15.3. The molecule has 0 amide bonds. The van der Waals surface area contributed by atoms with Crippen LogP contribution >= 0.6 is 0 Å². The molecule has 0 saturated heterocycles. The molecule has 0 fully saturated rings. The topological polar surface area (TPSA) is 60.0 Å². The third-order valence-electron chi connectivity index (χ3n) is 2.68. The first-order valence-corrected chi connectivity index (χ1v) is 6.41. The Labute approximate surface area is 114 Å². The van der Waals surface area contributed by atoms with Gasteiger partial charge in [-0.2, -0.15) is 0 Å². The first-order chi connectivity index (χ1) is 9.27. The maximum absolute atomic E-state index is 9.76. The summed E-state index contributed by atoms with van der Waals surface area (Å²) in [5.41, 5.74) is 0.862. The zero-order valence-electron chi connectivity index (χ0n) is 11.6. The molecule has 0 aliphatic rings. The SMILES string of the molecule is COCCOCCCNCc1ccc(OC)cc1O. The molecule has 0 atom stereocenters. The molecule has 0 unspecified atom stereocenters. The minimum Gasteiger partial charge on any atom is -0.507 e. The highest BCUT2D eigenvalue weighted by molar-refractivity contribution is 5.39. The van der Waals surface area contributed by atoms with Crippen LogP contribution in [0, 0.1) is 0 Å². The van der Waals surface area contributed by atoms with E-state index in [0.29, 0.717) is 32.1 Å². The maximum atomic E-state index is 9.76. The summed E-state index contributed by atoms with van der Waals surface area (Å²) >= 11 is 0. The summed E-state index contributed by atoms with van der Waals surface area (Å²) in [5, 5.41) is 13.0. The quantitative estimate of drug-likeness (QED) is 0.631. The van der Waals surface area contributed by atoms with Crippen LogP contribution in [0.2, 0.25) is 0 Å². The van der Waals surface area contributed by atoms with E-state index in [1.54, 1.807) is 20.3 Å². The molecular formula is C14H23NO4. The van der Waals surface area contributed by atoms with Crippen molar-refractivity contribution in [2.24, 2.45) is 0 Å². The van der Waals surface area contributed by atoms with Crippen LogP contribution in [0.15, 0.2) is 18.2 Å². The largest absolute Gasteiger partial charge is 0.507 e. The molecule has 108 valence electrons. The molecule has 0 aliphatic heterocycles. The molecule has 1 aromatic carbocycles. The maximum Gasteiger partial charge on any atom is 0.123 e. The van der Waals surface area contributed by atoms with Crippen molar-refractivity contribution in [1.82, 2.24) is 5.32 Å². The minimum absolute atomic E-state index is 0.253. The van der Waals surface area contributed by atoms with Crippen LogP contribution in [0.1, 0.15) is 12.0 Å². The highest BCUT2D eigenvalue weighted by Gasteiger charge is 2.02. The molecule has 0 spiro atoms. The Hall–Kier alpha value is -1.30. The van der Waals surface area contributed by atoms with Gasteiger partial charge < -0.3 is 24.6 Å². The zero-order valence-corrected chi connectivity index (χ0v) is 11.6. The molecule has 0 bridgehead atoms. The first kappa shape index (κ1) is 15.8. The van der Waals surface area contributed by atoms with Gasteiger partial charge in [-0.1, -0.05) is 6.07 Å². The Bertz CT molecular complexity index is 357. The van der Waals surface area contributed by atoms with Gasteiger partial charge in [-0.3, -0.25) is 0 Å². The fourth-order valence-electron chi connectivity index (χ4n) is 1.59. The number of benzene rings is 1. The predicted octanol–water partition coefficient (Wildman–Crippen LogP) is 1.54. The lowest BCUT2D eigenvalue weighted by molar-refractivity contribution is 0.0695. The van der Waals surface area contributed by atoms with Crippen LogP contribution in [0.25, 0.3) is 0 Å². The monoisotopic (exact) mass is 269 g/mol. The van der Waals surface area contributed by atoms with Crippen LogP contribution < -0.4 is 10.1 Å². The van der Waals surface area contributed by atoms with Crippen molar-refractivity contribution < 1.29 is 19.3 Å². The summed E-state index contributed by atoms with van der Waals surface area (Å²) in [6.07, 6.45) is 0.931. The van der Waals surface area contributed by atoms with Gasteiger partial charge in [-0.15, -0.1) is 0 Å². The van der Waals surface area contributed by atoms with Gasteiger partial charge in [0.1, 0.15) is 11.5 Å². The van der Waals surface area contributed by atoms with Gasteiger partial charge in [0.25, 0.3) is 0 Å². The minimum atomic E-state index is 0.253. The highest BCUT2D eigenvalue weighted by atomic mass is 16.5. The lowest BCUT2D eigenvalue weighted by Crippen LogP contribution is -2.17. The van der Waals surface area contributed by atoms with Crippen LogP contribution in [0.4, 0.5) is 0 Å². The Morgan fingerprint density at radius 3 is 2.68 bits per heavy atom. The second-order valence-electron chi connectivity index (χ2n) is 4.13. The molecule has 5 heteroatoms. The van der Waals surface area contributed by atoms with Gasteiger partial charge in [0.05, 0.1) is 20.3 Å². The lowest BCUT2D eigenvalue weighted by Gasteiger charge is -2.08. The smallest absolute Gasteiger partial charge is 0.123 e. The molecule has 1 aromatic rings. The number of methoxy groups -OCH3 is 2. The number of aromatic hydroxyl groups is 1. The van der Waals surface area contributed by atoms with E-state index in [-0.39, 0.29) is 5.75 Å². The van der Waals surface area contributed by atoms with E-state index in [2.05, 4.69) is 5.32 Å². The lowest BCUT2D eigenvalue weighted by atomic mass is 10.2. The number of nitrogens with one attached hydrogen (secondary N) is 1. The first-order valence-electron chi connectivity index (χ1n) is 6.41. The molecule has 1 rings (SSSR count). The van der Waals surface area contributed by atoms with E-state index >= 15 is 0 Å². The molecule has 0 heterocycles. The van der Waals surface area contributed by atoms with E-state index in [4.69, 9.17) is 14.2 Å². The van der Waals surface area contributed by atoms with Crippen molar-refractivity contribution in [1.29, 1.82) is 0 Å². The zero-order chi connectivity index (χ0) is 13.9. The molecule has 2 N–H and O–H groups in total. The predicted molar refractivity (Wildman–Crippen MR) is 73.7 cm³/mol. The van der Waals surface area contributed by atoms with Crippen LogP contribution in [0.3, 0.4) is 0 Å². The summed E-state index contributed by atoms with van der Waals surface area (Å²) in [6, 6.07) is 5.31. The second-order valence-corrected chi connectivity index (χ2v) is 4.13. The standard InChI is InChI=1S/C14H23NO4/c1-17-8-9-19-7-3-6-15-11-12-4-5-13(18-2)10-14(12)16/h4-5,10,15-16H,3,6-9,11H2,1-2H3. The second kappa shape index (κ2) is 9.61. The Morgan fingerprint density at radius 1 is 1.16 bits per heavy atom. The van der Waals surface area contributed by atoms with Crippen molar-refractivity contribution in [2.75, 3.05) is 40.6 Å². The summed E-state index contributed by atoms with van der Waals surface area (Å²) in [6.45, 7) is 3.46. The van der Waals surface area contributed by atoms with Crippen molar-refractivity contribution >= 4 is 0 Å². The number of hydrogen-bond donors (Lipinski definition) is 2. The van der Waals surface area contributed by atoms with E-state index in [9.17, 15) is 5.11 Å². The number of hydrogen-bond acceptors (Lipinski definition) is 5. The molecule has 0 radical (unpaired) electrons. The van der Waals surface area contributed by atoms with Gasteiger partial charge in [-0.25, -0.2) is 0 Å². The van der Waals surface area contributed by atoms with Gasteiger partial charge in [-0.05, 0) is 19.0 Å². The van der Waals surface area contributed by atoms with Crippen molar-refractivity contribution in [2.45, 2.75) is 13.0 Å². The van der Waals surface area contributed by atoms with Crippen molar-refractivity contribution in [3.05, 3.63) is 23.8 Å². The van der Waals surface area contributed by atoms with E-state index in [0.717, 1.165) is 18.5 Å².